The van der Waals surface area contributed by atoms with Crippen molar-refractivity contribution in [1.29, 1.82) is 0 Å². The second kappa shape index (κ2) is 3.41. The lowest BCUT2D eigenvalue weighted by atomic mass is 9.78. The van der Waals surface area contributed by atoms with Crippen molar-refractivity contribution >= 4 is 5.91 Å². The number of rotatable bonds is 4. The van der Waals surface area contributed by atoms with Crippen LogP contribution in [0.3, 0.4) is 0 Å². The molecule has 1 saturated carbocycles. The highest BCUT2D eigenvalue weighted by molar-refractivity contribution is 5.79. The van der Waals surface area contributed by atoms with E-state index in [-0.39, 0.29) is 5.54 Å². The van der Waals surface area contributed by atoms with Crippen LogP contribution in [0.15, 0.2) is 0 Å². The first kappa shape index (κ1) is 9.48. The molecule has 0 saturated heterocycles. The highest BCUT2D eigenvalue weighted by Crippen LogP contribution is 2.30. The fraction of sp³-hybridized carbons (Fsp3) is 0.875. The molecule has 1 unspecified atom stereocenters. The molecule has 5 N–H and O–H groups in total. The number of nitrogens with two attached hydrogens (primary N) is 2. The van der Waals surface area contributed by atoms with Gasteiger partial charge in [-0.15, -0.1) is 0 Å². The van der Waals surface area contributed by atoms with Crippen LogP contribution in [0.2, 0.25) is 0 Å². The zero-order valence-corrected chi connectivity index (χ0v) is 7.47. The molecular formula is C8H17N3O. The Morgan fingerprint density at radius 1 is 1.67 bits per heavy atom. The van der Waals surface area contributed by atoms with Crippen molar-refractivity contribution in [2.45, 2.75) is 37.8 Å². The SMILES string of the molecule is CC1(NCC(N)C(N)=O)CCC1. The Morgan fingerprint density at radius 3 is 2.58 bits per heavy atom. The molecule has 0 aromatic rings. The van der Waals surface area contributed by atoms with Gasteiger partial charge in [0.05, 0.1) is 6.04 Å². The van der Waals surface area contributed by atoms with Crippen LogP contribution in [0.1, 0.15) is 26.2 Å². The maximum atomic E-state index is 10.6. The minimum atomic E-state index is -0.553. The predicted octanol–water partition coefficient (Wildman–Crippen LogP) is -0.669. The third-order valence-corrected chi connectivity index (χ3v) is 2.57. The van der Waals surface area contributed by atoms with Gasteiger partial charge in [-0.2, -0.15) is 0 Å². The lowest BCUT2D eigenvalue weighted by Gasteiger charge is -2.39. The van der Waals surface area contributed by atoms with Crippen LogP contribution in [-0.4, -0.2) is 24.0 Å². The molecule has 1 amide bonds. The van der Waals surface area contributed by atoms with Crippen molar-refractivity contribution in [3.63, 3.8) is 0 Å². The van der Waals surface area contributed by atoms with Gasteiger partial charge in [-0.3, -0.25) is 4.79 Å². The third kappa shape index (κ3) is 2.19. The van der Waals surface area contributed by atoms with Gasteiger partial charge in [-0.05, 0) is 26.2 Å². The molecule has 0 spiro atoms. The summed E-state index contributed by atoms with van der Waals surface area (Å²) in [7, 11) is 0. The van der Waals surface area contributed by atoms with Gasteiger partial charge in [-0.1, -0.05) is 0 Å². The van der Waals surface area contributed by atoms with Crippen molar-refractivity contribution in [2.24, 2.45) is 11.5 Å². The maximum Gasteiger partial charge on any atom is 0.235 e. The van der Waals surface area contributed by atoms with E-state index in [1.807, 2.05) is 0 Å². The van der Waals surface area contributed by atoms with Gasteiger partial charge in [0.2, 0.25) is 5.91 Å². The maximum absolute atomic E-state index is 10.6. The van der Waals surface area contributed by atoms with Crippen LogP contribution in [-0.2, 0) is 4.79 Å². The van der Waals surface area contributed by atoms with Gasteiger partial charge in [-0.25, -0.2) is 0 Å². The first-order chi connectivity index (χ1) is 5.53. The van der Waals surface area contributed by atoms with Crippen molar-refractivity contribution < 1.29 is 4.79 Å². The molecule has 0 radical (unpaired) electrons. The molecule has 0 aromatic carbocycles. The number of carbonyl (C=O) groups excluding carboxylic acids is 1. The van der Waals surface area contributed by atoms with Gasteiger partial charge in [0, 0.05) is 12.1 Å². The minimum Gasteiger partial charge on any atom is -0.368 e. The van der Waals surface area contributed by atoms with E-state index >= 15 is 0 Å². The van der Waals surface area contributed by atoms with E-state index < -0.39 is 11.9 Å². The van der Waals surface area contributed by atoms with E-state index in [4.69, 9.17) is 11.5 Å². The van der Waals surface area contributed by atoms with Crippen LogP contribution in [0.25, 0.3) is 0 Å². The zero-order chi connectivity index (χ0) is 9.19. The Morgan fingerprint density at radius 2 is 2.25 bits per heavy atom. The van der Waals surface area contributed by atoms with Crippen LogP contribution in [0.5, 0.6) is 0 Å². The van der Waals surface area contributed by atoms with Crippen molar-refractivity contribution in [3.8, 4) is 0 Å². The van der Waals surface area contributed by atoms with E-state index in [9.17, 15) is 4.79 Å². The van der Waals surface area contributed by atoms with Crippen molar-refractivity contribution in [1.82, 2.24) is 5.32 Å². The molecule has 0 aliphatic heterocycles. The molecule has 0 bridgehead atoms. The van der Waals surface area contributed by atoms with Gasteiger partial charge >= 0.3 is 0 Å². The van der Waals surface area contributed by atoms with Crippen LogP contribution in [0, 0.1) is 0 Å². The van der Waals surface area contributed by atoms with E-state index in [1.165, 1.54) is 19.3 Å². The second-order valence-electron chi connectivity index (χ2n) is 3.80. The summed E-state index contributed by atoms with van der Waals surface area (Å²) in [4.78, 5) is 10.6. The number of amides is 1. The summed E-state index contributed by atoms with van der Waals surface area (Å²) in [6.45, 7) is 2.63. The Hall–Kier alpha value is -0.610. The summed E-state index contributed by atoms with van der Waals surface area (Å²) in [6.07, 6.45) is 3.59. The lowest BCUT2D eigenvalue weighted by Crippen LogP contribution is -2.54. The molecule has 4 heteroatoms. The monoisotopic (exact) mass is 171 g/mol. The molecule has 1 atom stereocenters. The van der Waals surface area contributed by atoms with Gasteiger partial charge < -0.3 is 16.8 Å². The lowest BCUT2D eigenvalue weighted by molar-refractivity contribution is -0.119. The van der Waals surface area contributed by atoms with E-state index in [1.54, 1.807) is 0 Å². The van der Waals surface area contributed by atoms with Crippen LogP contribution in [0.4, 0.5) is 0 Å². The predicted molar refractivity (Wildman–Crippen MR) is 47.4 cm³/mol. The van der Waals surface area contributed by atoms with Crippen molar-refractivity contribution in [3.05, 3.63) is 0 Å². The summed E-state index contributed by atoms with van der Waals surface area (Å²) in [5.74, 6) is -0.439. The zero-order valence-electron chi connectivity index (χ0n) is 7.47. The first-order valence-corrected chi connectivity index (χ1v) is 4.33. The largest absolute Gasteiger partial charge is 0.368 e. The van der Waals surface area contributed by atoms with Crippen LogP contribution >= 0.6 is 0 Å². The Kier molecular flexibility index (Phi) is 2.69. The summed E-state index contributed by atoms with van der Waals surface area (Å²) in [5, 5.41) is 3.25. The molecule has 0 aromatic heterocycles. The van der Waals surface area contributed by atoms with Crippen LogP contribution < -0.4 is 16.8 Å². The molecule has 1 aliphatic carbocycles. The molecule has 1 fully saturated rings. The fourth-order valence-corrected chi connectivity index (χ4v) is 1.34. The quantitative estimate of drug-likeness (QED) is 0.525. The molecule has 0 heterocycles. The number of carbonyl (C=O) groups is 1. The number of nitrogens with one attached hydrogen (secondary N) is 1. The van der Waals surface area contributed by atoms with E-state index in [2.05, 4.69) is 12.2 Å². The average Bonchev–Trinajstić information content (AvgIpc) is 1.96. The summed E-state index contributed by atoms with van der Waals surface area (Å²) in [6, 6.07) is -0.553. The fourth-order valence-electron chi connectivity index (χ4n) is 1.34. The number of primary amides is 1. The molecule has 12 heavy (non-hydrogen) atoms. The number of hydrogen-bond acceptors (Lipinski definition) is 3. The average molecular weight is 171 g/mol. The Bertz CT molecular complexity index is 177. The van der Waals surface area contributed by atoms with Gasteiger partial charge in [0.25, 0.3) is 0 Å². The van der Waals surface area contributed by atoms with Crippen molar-refractivity contribution in [2.75, 3.05) is 6.54 Å². The molecule has 1 rings (SSSR count). The Balaban J connectivity index is 2.20. The van der Waals surface area contributed by atoms with E-state index in [0.29, 0.717) is 6.54 Å². The smallest absolute Gasteiger partial charge is 0.235 e. The number of hydrogen-bond donors (Lipinski definition) is 3. The topological polar surface area (TPSA) is 81.1 Å². The Labute approximate surface area is 72.7 Å². The summed E-state index contributed by atoms with van der Waals surface area (Å²) < 4.78 is 0. The van der Waals surface area contributed by atoms with Gasteiger partial charge in [0.1, 0.15) is 0 Å². The first-order valence-electron chi connectivity index (χ1n) is 4.33. The van der Waals surface area contributed by atoms with E-state index in [0.717, 1.165) is 0 Å². The summed E-state index contributed by atoms with van der Waals surface area (Å²) >= 11 is 0. The third-order valence-electron chi connectivity index (χ3n) is 2.57. The molecule has 70 valence electrons. The summed E-state index contributed by atoms with van der Waals surface area (Å²) in [5.41, 5.74) is 10.7. The molecular weight excluding hydrogens is 154 g/mol. The standard InChI is InChI=1S/C8H17N3O/c1-8(3-2-4-8)11-5-6(9)7(10)12/h6,11H,2-5,9H2,1H3,(H2,10,12). The minimum absolute atomic E-state index is 0.201. The highest BCUT2D eigenvalue weighted by Gasteiger charge is 2.31. The second-order valence-corrected chi connectivity index (χ2v) is 3.80. The van der Waals surface area contributed by atoms with Gasteiger partial charge in [0.15, 0.2) is 0 Å². The highest BCUT2D eigenvalue weighted by atomic mass is 16.1. The normalized spacial score (nSPS) is 22.8. The molecule has 4 nitrogen and oxygen atoms in total. The molecule has 1 aliphatic rings.